The zero-order chi connectivity index (χ0) is 10.8. The highest BCUT2D eigenvalue weighted by Crippen LogP contribution is 2.28. The molecule has 0 aliphatic rings. The largest absolute Gasteiger partial charge is 0.478 e. The molecule has 0 saturated heterocycles. The van der Waals surface area contributed by atoms with Gasteiger partial charge in [-0.05, 0) is 12.1 Å². The zero-order valence-corrected chi connectivity index (χ0v) is 7.68. The van der Waals surface area contributed by atoms with E-state index in [1.807, 2.05) is 0 Å². The molecule has 0 bridgehead atoms. The molecule has 15 heavy (non-hydrogen) atoms. The Morgan fingerprint density at radius 1 is 1.47 bits per heavy atom. The predicted octanol–water partition coefficient (Wildman–Crippen LogP) is 1.62. The fourth-order valence-electron chi connectivity index (χ4n) is 1.33. The molecule has 0 saturated carbocycles. The van der Waals surface area contributed by atoms with Gasteiger partial charge in [0.25, 0.3) is 0 Å². The summed E-state index contributed by atoms with van der Waals surface area (Å²) in [6.07, 6.45) is 2.81. The third kappa shape index (κ3) is 1.54. The number of carbonyl (C=O) groups is 1. The zero-order valence-electron chi connectivity index (χ0n) is 7.68. The van der Waals surface area contributed by atoms with Gasteiger partial charge in [0.15, 0.2) is 0 Å². The minimum atomic E-state index is -1.06. The maximum Gasteiger partial charge on any atom is 0.336 e. The number of rotatable bonds is 2. The normalized spacial score (nSPS) is 10.1. The molecule has 76 valence electrons. The van der Waals surface area contributed by atoms with Crippen LogP contribution in [0, 0.1) is 0 Å². The number of aromatic nitrogens is 1. The van der Waals surface area contributed by atoms with E-state index in [0.717, 1.165) is 0 Å². The number of carboxylic acids is 1. The van der Waals surface area contributed by atoms with Crippen molar-refractivity contribution >= 4 is 11.7 Å². The van der Waals surface area contributed by atoms with Crippen molar-refractivity contribution in [2.24, 2.45) is 0 Å². The number of anilines is 1. The minimum Gasteiger partial charge on any atom is -0.478 e. The van der Waals surface area contributed by atoms with Crippen LogP contribution in [-0.2, 0) is 0 Å². The van der Waals surface area contributed by atoms with E-state index >= 15 is 0 Å². The topological polar surface area (TPSA) is 89.4 Å². The molecule has 1 aromatic heterocycles. The van der Waals surface area contributed by atoms with Crippen molar-refractivity contribution in [1.82, 2.24) is 4.98 Å². The van der Waals surface area contributed by atoms with E-state index in [0.29, 0.717) is 11.3 Å². The van der Waals surface area contributed by atoms with Crippen LogP contribution in [0.2, 0.25) is 0 Å². The molecule has 0 spiro atoms. The van der Waals surface area contributed by atoms with Crippen molar-refractivity contribution in [3.05, 3.63) is 36.2 Å². The molecule has 0 radical (unpaired) electrons. The quantitative estimate of drug-likeness (QED) is 0.725. The van der Waals surface area contributed by atoms with Gasteiger partial charge in [0.05, 0.1) is 17.3 Å². The highest BCUT2D eigenvalue weighted by molar-refractivity contribution is 5.98. The SMILES string of the molecule is Nc1cccc(C(=O)O)c1-c1ncco1. The van der Waals surface area contributed by atoms with Gasteiger partial charge in [-0.25, -0.2) is 9.78 Å². The summed E-state index contributed by atoms with van der Waals surface area (Å²) in [6, 6.07) is 4.63. The Morgan fingerprint density at radius 2 is 2.27 bits per heavy atom. The molecule has 1 heterocycles. The Labute approximate surface area is 85.2 Å². The summed E-state index contributed by atoms with van der Waals surface area (Å²) in [4.78, 5) is 14.8. The maximum atomic E-state index is 10.9. The van der Waals surface area contributed by atoms with Gasteiger partial charge in [-0.2, -0.15) is 0 Å². The summed E-state index contributed by atoms with van der Waals surface area (Å²) >= 11 is 0. The Morgan fingerprint density at radius 3 is 2.87 bits per heavy atom. The van der Waals surface area contributed by atoms with Crippen molar-refractivity contribution in [2.75, 3.05) is 5.73 Å². The van der Waals surface area contributed by atoms with E-state index < -0.39 is 5.97 Å². The molecular formula is C10H8N2O3. The summed E-state index contributed by atoms with van der Waals surface area (Å²) in [7, 11) is 0. The highest BCUT2D eigenvalue weighted by Gasteiger charge is 2.17. The average Bonchev–Trinajstić information content (AvgIpc) is 2.70. The Hall–Kier alpha value is -2.30. The molecule has 0 aliphatic heterocycles. The first-order valence-corrected chi connectivity index (χ1v) is 4.22. The van der Waals surface area contributed by atoms with E-state index in [-0.39, 0.29) is 11.5 Å². The molecule has 0 aliphatic carbocycles. The van der Waals surface area contributed by atoms with Crippen LogP contribution in [0.5, 0.6) is 0 Å². The molecule has 0 unspecified atom stereocenters. The van der Waals surface area contributed by atoms with Crippen LogP contribution in [0.25, 0.3) is 11.5 Å². The van der Waals surface area contributed by atoms with Crippen LogP contribution in [0.4, 0.5) is 5.69 Å². The molecular weight excluding hydrogens is 196 g/mol. The summed E-state index contributed by atoms with van der Waals surface area (Å²) in [5.41, 5.74) is 6.41. The number of benzene rings is 1. The number of hydrogen-bond acceptors (Lipinski definition) is 4. The van der Waals surface area contributed by atoms with Gasteiger partial charge < -0.3 is 15.3 Å². The van der Waals surface area contributed by atoms with Crippen LogP contribution in [0.1, 0.15) is 10.4 Å². The van der Waals surface area contributed by atoms with Crippen LogP contribution < -0.4 is 5.73 Å². The van der Waals surface area contributed by atoms with Crippen molar-refractivity contribution in [1.29, 1.82) is 0 Å². The molecule has 0 amide bonds. The van der Waals surface area contributed by atoms with Crippen molar-refractivity contribution in [3.63, 3.8) is 0 Å². The highest BCUT2D eigenvalue weighted by atomic mass is 16.4. The summed E-state index contributed by atoms with van der Waals surface area (Å²) in [6.45, 7) is 0. The van der Waals surface area contributed by atoms with Gasteiger partial charge in [-0.15, -0.1) is 0 Å². The number of aromatic carboxylic acids is 1. The lowest BCUT2D eigenvalue weighted by Gasteiger charge is -2.04. The standard InChI is InChI=1S/C10H8N2O3/c11-7-3-1-2-6(10(13)14)8(7)9-12-4-5-15-9/h1-5H,11H2,(H,13,14). The summed E-state index contributed by atoms with van der Waals surface area (Å²) in [5, 5.41) is 8.96. The van der Waals surface area contributed by atoms with Gasteiger partial charge in [0, 0.05) is 5.69 Å². The molecule has 0 atom stereocenters. The lowest BCUT2D eigenvalue weighted by atomic mass is 10.1. The van der Waals surface area contributed by atoms with Crippen LogP contribution >= 0.6 is 0 Å². The first kappa shape index (κ1) is 9.26. The molecule has 0 fully saturated rings. The average molecular weight is 204 g/mol. The van der Waals surface area contributed by atoms with Crippen molar-refractivity contribution < 1.29 is 14.3 Å². The molecule has 2 rings (SSSR count). The number of nitrogen functional groups attached to an aromatic ring is 1. The van der Waals surface area contributed by atoms with Gasteiger partial charge in [-0.1, -0.05) is 6.07 Å². The monoisotopic (exact) mass is 204 g/mol. The summed E-state index contributed by atoms with van der Waals surface area (Å²) in [5.74, 6) is -0.846. The second-order valence-corrected chi connectivity index (χ2v) is 2.91. The second kappa shape index (κ2) is 3.45. The maximum absolute atomic E-state index is 10.9. The third-order valence-corrected chi connectivity index (χ3v) is 1.97. The fraction of sp³-hybridized carbons (Fsp3) is 0. The molecule has 3 N–H and O–H groups in total. The van der Waals surface area contributed by atoms with E-state index in [4.69, 9.17) is 15.3 Å². The number of nitrogens with zero attached hydrogens (tertiary/aromatic N) is 1. The van der Waals surface area contributed by atoms with Gasteiger partial charge in [-0.3, -0.25) is 0 Å². The Kier molecular flexibility index (Phi) is 2.13. The van der Waals surface area contributed by atoms with Crippen molar-refractivity contribution in [2.45, 2.75) is 0 Å². The predicted molar refractivity (Wildman–Crippen MR) is 53.3 cm³/mol. The van der Waals surface area contributed by atoms with E-state index in [9.17, 15) is 4.79 Å². The van der Waals surface area contributed by atoms with Crippen LogP contribution in [0.15, 0.2) is 35.1 Å². The fourth-order valence-corrected chi connectivity index (χ4v) is 1.33. The van der Waals surface area contributed by atoms with E-state index in [1.54, 1.807) is 12.1 Å². The van der Waals surface area contributed by atoms with Crippen molar-refractivity contribution in [3.8, 4) is 11.5 Å². The Balaban J connectivity index is 2.68. The summed E-state index contributed by atoms with van der Waals surface area (Å²) < 4.78 is 5.04. The van der Waals surface area contributed by atoms with Crippen LogP contribution in [-0.4, -0.2) is 16.1 Å². The second-order valence-electron chi connectivity index (χ2n) is 2.91. The first-order chi connectivity index (χ1) is 7.20. The Bertz CT molecular complexity index is 491. The third-order valence-electron chi connectivity index (χ3n) is 1.97. The number of nitrogens with two attached hydrogens (primary N) is 1. The number of hydrogen-bond donors (Lipinski definition) is 2. The van der Waals surface area contributed by atoms with Gasteiger partial charge in [0.1, 0.15) is 6.26 Å². The van der Waals surface area contributed by atoms with E-state index in [2.05, 4.69) is 4.98 Å². The van der Waals surface area contributed by atoms with Gasteiger partial charge >= 0.3 is 5.97 Å². The minimum absolute atomic E-state index is 0.0810. The van der Waals surface area contributed by atoms with Crippen LogP contribution in [0.3, 0.4) is 0 Å². The molecule has 2 aromatic rings. The first-order valence-electron chi connectivity index (χ1n) is 4.22. The van der Waals surface area contributed by atoms with E-state index in [1.165, 1.54) is 18.5 Å². The molecule has 5 nitrogen and oxygen atoms in total. The van der Waals surface area contributed by atoms with Gasteiger partial charge in [0.2, 0.25) is 5.89 Å². The molecule has 1 aromatic carbocycles. The lowest BCUT2D eigenvalue weighted by molar-refractivity contribution is 0.0697. The lowest BCUT2D eigenvalue weighted by Crippen LogP contribution is -2.02. The number of carboxylic acid groups (broad SMARTS) is 1. The molecule has 5 heteroatoms. The number of oxazole rings is 1. The smallest absolute Gasteiger partial charge is 0.336 e.